The Hall–Kier alpha value is -1.66. The zero-order valence-corrected chi connectivity index (χ0v) is 15.2. The molecule has 0 N–H and O–H groups in total. The molecule has 0 aromatic carbocycles. The summed E-state index contributed by atoms with van der Waals surface area (Å²) in [5.74, 6) is 1.32. The largest absolute Gasteiger partial charge is 0.473 e. The fraction of sp³-hybridized carbons (Fsp3) is 0.667. The highest BCUT2D eigenvalue weighted by Gasteiger charge is 2.18. The molecule has 0 amide bonds. The maximum absolute atomic E-state index is 6.22. The highest BCUT2D eigenvalue weighted by atomic mass is 16.5. The van der Waals surface area contributed by atoms with Gasteiger partial charge in [0.2, 0.25) is 11.8 Å². The third-order valence-corrected chi connectivity index (χ3v) is 3.98. The van der Waals surface area contributed by atoms with Gasteiger partial charge in [-0.15, -0.1) is 6.58 Å². The molecule has 1 atom stereocenters. The quantitative estimate of drug-likeness (QED) is 0.680. The van der Waals surface area contributed by atoms with E-state index in [2.05, 4.69) is 21.4 Å². The number of nitrogens with zero attached hydrogens (tertiary/aromatic N) is 4. The second kappa shape index (κ2) is 9.59. The maximum atomic E-state index is 6.22. The molecule has 2 rings (SSSR count). The Morgan fingerprint density at radius 1 is 1.38 bits per heavy atom. The molecule has 2 heterocycles. The zero-order chi connectivity index (χ0) is 17.4. The molecule has 0 radical (unpaired) electrons. The standard InChI is InChI=1S/C18H30N4O2/c1-5-6-8-16(14-22-9-7-11-23-12-10-22)24-17-13-15(2)19-18(20-17)21(3)4/h5,13,16H,1,6-12,14H2,2-4H3. The summed E-state index contributed by atoms with van der Waals surface area (Å²) in [5, 5.41) is 0. The fourth-order valence-corrected chi connectivity index (χ4v) is 2.72. The van der Waals surface area contributed by atoms with Crippen LogP contribution < -0.4 is 9.64 Å². The minimum atomic E-state index is 0.0883. The van der Waals surface area contributed by atoms with Crippen LogP contribution in [0.15, 0.2) is 18.7 Å². The molecule has 0 saturated carbocycles. The van der Waals surface area contributed by atoms with E-state index in [9.17, 15) is 0 Å². The van der Waals surface area contributed by atoms with Gasteiger partial charge in [-0.1, -0.05) is 6.08 Å². The van der Waals surface area contributed by atoms with Crippen molar-refractivity contribution in [2.24, 2.45) is 0 Å². The van der Waals surface area contributed by atoms with E-state index >= 15 is 0 Å². The van der Waals surface area contributed by atoms with Crippen molar-refractivity contribution in [2.75, 3.05) is 51.8 Å². The van der Waals surface area contributed by atoms with Crippen molar-refractivity contribution >= 4 is 5.95 Å². The van der Waals surface area contributed by atoms with Crippen molar-refractivity contribution in [3.63, 3.8) is 0 Å². The zero-order valence-electron chi connectivity index (χ0n) is 15.2. The molecule has 6 nitrogen and oxygen atoms in total. The molecule has 1 saturated heterocycles. The van der Waals surface area contributed by atoms with E-state index in [0.29, 0.717) is 11.8 Å². The average Bonchev–Trinajstić information content (AvgIpc) is 2.80. The predicted octanol–water partition coefficient (Wildman–Crippen LogP) is 2.29. The number of allylic oxidation sites excluding steroid dienone is 1. The highest BCUT2D eigenvalue weighted by Crippen LogP contribution is 2.17. The summed E-state index contributed by atoms with van der Waals surface area (Å²) >= 11 is 0. The van der Waals surface area contributed by atoms with E-state index in [4.69, 9.17) is 9.47 Å². The summed E-state index contributed by atoms with van der Waals surface area (Å²) in [4.78, 5) is 13.3. The number of aryl methyl sites for hydroxylation is 1. The molecule has 0 bridgehead atoms. The van der Waals surface area contributed by atoms with Crippen LogP contribution in [0.25, 0.3) is 0 Å². The Bertz CT molecular complexity index is 514. The van der Waals surface area contributed by atoms with Crippen LogP contribution in [-0.4, -0.2) is 67.9 Å². The molecule has 1 aliphatic heterocycles. The van der Waals surface area contributed by atoms with Gasteiger partial charge in [-0.05, 0) is 26.2 Å². The molecular weight excluding hydrogens is 304 g/mol. The summed E-state index contributed by atoms with van der Waals surface area (Å²) in [6, 6.07) is 1.90. The van der Waals surface area contributed by atoms with Crippen LogP contribution in [0.3, 0.4) is 0 Å². The lowest BCUT2D eigenvalue weighted by atomic mass is 10.1. The normalized spacial score (nSPS) is 17.1. The highest BCUT2D eigenvalue weighted by molar-refractivity contribution is 5.32. The van der Waals surface area contributed by atoms with Crippen LogP contribution >= 0.6 is 0 Å². The van der Waals surface area contributed by atoms with Crippen molar-refractivity contribution < 1.29 is 9.47 Å². The lowest BCUT2D eigenvalue weighted by Gasteiger charge is -2.26. The molecule has 134 valence electrons. The van der Waals surface area contributed by atoms with Gasteiger partial charge < -0.3 is 14.4 Å². The SMILES string of the molecule is C=CCCC(CN1CCCOCC1)Oc1cc(C)nc(N(C)C)n1. The van der Waals surface area contributed by atoms with Gasteiger partial charge in [-0.2, -0.15) is 4.98 Å². The van der Waals surface area contributed by atoms with Crippen LogP contribution in [0, 0.1) is 6.92 Å². The summed E-state index contributed by atoms with van der Waals surface area (Å²) in [6.45, 7) is 10.3. The molecule has 0 aliphatic carbocycles. The molecule has 1 fully saturated rings. The van der Waals surface area contributed by atoms with Crippen molar-refractivity contribution in [3.05, 3.63) is 24.4 Å². The van der Waals surface area contributed by atoms with Gasteiger partial charge in [0.05, 0.1) is 6.61 Å². The van der Waals surface area contributed by atoms with E-state index < -0.39 is 0 Å². The van der Waals surface area contributed by atoms with Gasteiger partial charge in [-0.25, -0.2) is 4.98 Å². The van der Waals surface area contributed by atoms with Crippen molar-refractivity contribution in [1.29, 1.82) is 0 Å². The van der Waals surface area contributed by atoms with Gasteiger partial charge >= 0.3 is 0 Å². The van der Waals surface area contributed by atoms with Gasteiger partial charge in [0.1, 0.15) is 6.10 Å². The lowest BCUT2D eigenvalue weighted by Crippen LogP contribution is -2.37. The van der Waals surface area contributed by atoms with E-state index in [1.807, 2.05) is 38.1 Å². The topological polar surface area (TPSA) is 50.7 Å². The van der Waals surface area contributed by atoms with E-state index in [1.165, 1.54) is 0 Å². The van der Waals surface area contributed by atoms with E-state index in [1.54, 1.807) is 0 Å². The minimum absolute atomic E-state index is 0.0883. The molecular formula is C18H30N4O2. The van der Waals surface area contributed by atoms with Crippen LogP contribution in [0.4, 0.5) is 5.95 Å². The minimum Gasteiger partial charge on any atom is -0.473 e. The summed E-state index contributed by atoms with van der Waals surface area (Å²) in [5.41, 5.74) is 0.911. The summed E-state index contributed by atoms with van der Waals surface area (Å²) < 4.78 is 11.8. The van der Waals surface area contributed by atoms with Crippen molar-refractivity contribution in [2.45, 2.75) is 32.3 Å². The molecule has 6 heteroatoms. The number of hydrogen-bond donors (Lipinski definition) is 0. The lowest BCUT2D eigenvalue weighted by molar-refractivity contribution is 0.109. The molecule has 1 aliphatic rings. The second-order valence-corrected chi connectivity index (χ2v) is 6.41. The first-order chi connectivity index (χ1) is 11.6. The van der Waals surface area contributed by atoms with Crippen molar-refractivity contribution in [1.82, 2.24) is 14.9 Å². The van der Waals surface area contributed by atoms with Crippen LogP contribution in [0.2, 0.25) is 0 Å². The number of anilines is 1. The Kier molecular flexibility index (Phi) is 7.46. The first-order valence-electron chi connectivity index (χ1n) is 8.69. The van der Waals surface area contributed by atoms with Gasteiger partial charge in [-0.3, -0.25) is 4.90 Å². The van der Waals surface area contributed by atoms with E-state index in [-0.39, 0.29) is 6.10 Å². The average molecular weight is 334 g/mol. The third kappa shape index (κ3) is 6.09. The Labute approximate surface area is 145 Å². The van der Waals surface area contributed by atoms with Crippen molar-refractivity contribution in [3.8, 4) is 5.88 Å². The maximum Gasteiger partial charge on any atom is 0.228 e. The predicted molar refractivity (Wildman–Crippen MR) is 96.8 cm³/mol. The summed E-state index contributed by atoms with van der Waals surface area (Å²) in [6.07, 6.45) is 4.97. The summed E-state index contributed by atoms with van der Waals surface area (Å²) in [7, 11) is 3.87. The molecule has 0 spiro atoms. The van der Waals surface area contributed by atoms with E-state index in [0.717, 1.165) is 57.8 Å². The Balaban J connectivity index is 2.05. The number of hydrogen-bond acceptors (Lipinski definition) is 6. The monoisotopic (exact) mass is 334 g/mol. The molecule has 1 aromatic heterocycles. The molecule has 1 aromatic rings. The van der Waals surface area contributed by atoms with Gasteiger partial charge in [0.15, 0.2) is 0 Å². The number of ether oxygens (including phenoxy) is 2. The van der Waals surface area contributed by atoms with Crippen LogP contribution in [0.5, 0.6) is 5.88 Å². The smallest absolute Gasteiger partial charge is 0.228 e. The van der Waals surface area contributed by atoms with Gasteiger partial charge in [0, 0.05) is 52.1 Å². The first kappa shape index (κ1) is 18.7. The Morgan fingerprint density at radius 2 is 2.21 bits per heavy atom. The number of rotatable bonds is 8. The van der Waals surface area contributed by atoms with Crippen LogP contribution in [-0.2, 0) is 4.74 Å². The first-order valence-corrected chi connectivity index (χ1v) is 8.69. The molecule has 1 unspecified atom stereocenters. The molecule has 24 heavy (non-hydrogen) atoms. The number of aromatic nitrogens is 2. The second-order valence-electron chi connectivity index (χ2n) is 6.41. The van der Waals surface area contributed by atoms with Crippen LogP contribution in [0.1, 0.15) is 25.0 Å². The fourth-order valence-electron chi connectivity index (χ4n) is 2.72. The third-order valence-electron chi connectivity index (χ3n) is 3.98. The van der Waals surface area contributed by atoms with Gasteiger partial charge in [0.25, 0.3) is 0 Å². The Morgan fingerprint density at radius 3 is 2.96 bits per heavy atom.